The topological polar surface area (TPSA) is 37.4 Å². The molecule has 0 aromatic heterocycles. The van der Waals surface area contributed by atoms with Gasteiger partial charge in [-0.3, -0.25) is 0 Å². The number of sulfonamides is 1. The van der Waals surface area contributed by atoms with Crippen molar-refractivity contribution < 1.29 is 8.42 Å². The molecule has 0 heterocycles. The molecule has 0 aliphatic carbocycles. The highest BCUT2D eigenvalue weighted by atomic mass is 79.9. The summed E-state index contributed by atoms with van der Waals surface area (Å²) in [5, 5.41) is 0. The van der Waals surface area contributed by atoms with Crippen molar-refractivity contribution in [2.45, 2.75) is 25.2 Å². The molecule has 0 saturated carbocycles. The molecule has 0 atom stereocenters. The molecule has 0 aliphatic heterocycles. The molecule has 0 amide bonds. The van der Waals surface area contributed by atoms with Crippen LogP contribution >= 0.6 is 31.9 Å². The minimum absolute atomic E-state index is 0.295. The van der Waals surface area contributed by atoms with E-state index in [1.165, 1.54) is 4.31 Å². The molecule has 102 valence electrons. The van der Waals surface area contributed by atoms with Crippen LogP contribution in [0.3, 0.4) is 0 Å². The van der Waals surface area contributed by atoms with E-state index >= 15 is 0 Å². The SMILES string of the molecule is CC(C)CCN(C)S(=O)(=O)c1cc(Br)ccc1Br. The summed E-state index contributed by atoms with van der Waals surface area (Å²) in [4.78, 5) is 0.295. The van der Waals surface area contributed by atoms with Gasteiger partial charge in [-0.2, -0.15) is 0 Å². The lowest BCUT2D eigenvalue weighted by molar-refractivity contribution is 0.428. The molecule has 3 nitrogen and oxygen atoms in total. The molecular formula is C12H17Br2NO2S. The van der Waals surface area contributed by atoms with Gasteiger partial charge in [0.1, 0.15) is 0 Å². The van der Waals surface area contributed by atoms with E-state index in [1.54, 1.807) is 25.2 Å². The molecule has 1 rings (SSSR count). The number of halogens is 2. The number of benzene rings is 1. The zero-order valence-electron chi connectivity index (χ0n) is 10.7. The van der Waals surface area contributed by atoms with E-state index in [0.29, 0.717) is 21.8 Å². The van der Waals surface area contributed by atoms with E-state index in [1.807, 2.05) is 0 Å². The van der Waals surface area contributed by atoms with Crippen LogP contribution in [0.5, 0.6) is 0 Å². The molecule has 6 heteroatoms. The van der Waals surface area contributed by atoms with Crippen molar-refractivity contribution >= 4 is 41.9 Å². The van der Waals surface area contributed by atoms with Gasteiger partial charge >= 0.3 is 0 Å². The second-order valence-corrected chi connectivity index (χ2v) is 8.37. The lowest BCUT2D eigenvalue weighted by atomic mass is 10.1. The Bertz CT molecular complexity index is 515. The first-order chi connectivity index (χ1) is 8.25. The van der Waals surface area contributed by atoms with Crippen molar-refractivity contribution in [1.82, 2.24) is 4.31 Å². The largest absolute Gasteiger partial charge is 0.243 e. The first kappa shape index (κ1) is 16.1. The first-order valence-electron chi connectivity index (χ1n) is 5.66. The summed E-state index contributed by atoms with van der Waals surface area (Å²) in [6.07, 6.45) is 0.849. The number of hydrogen-bond donors (Lipinski definition) is 0. The molecule has 1 aromatic rings. The molecule has 0 radical (unpaired) electrons. The van der Waals surface area contributed by atoms with Crippen molar-refractivity contribution in [2.75, 3.05) is 13.6 Å². The summed E-state index contributed by atoms with van der Waals surface area (Å²) in [6.45, 7) is 4.68. The van der Waals surface area contributed by atoms with Crippen LogP contribution in [-0.2, 0) is 10.0 Å². The van der Waals surface area contributed by atoms with Gasteiger partial charge in [0, 0.05) is 22.5 Å². The molecule has 0 bridgehead atoms. The Balaban J connectivity index is 3.02. The third kappa shape index (κ3) is 4.05. The highest BCUT2D eigenvalue weighted by molar-refractivity contribution is 9.11. The standard InChI is InChI=1S/C12H17Br2NO2S/c1-9(2)6-7-15(3)18(16,17)12-8-10(13)4-5-11(12)14/h4-5,8-9H,6-7H2,1-3H3. The van der Waals surface area contributed by atoms with Crippen LogP contribution in [0.2, 0.25) is 0 Å². The van der Waals surface area contributed by atoms with Crippen LogP contribution in [0.1, 0.15) is 20.3 Å². The summed E-state index contributed by atoms with van der Waals surface area (Å²) < 4.78 is 27.5. The van der Waals surface area contributed by atoms with Crippen molar-refractivity contribution in [3.05, 3.63) is 27.1 Å². The maximum Gasteiger partial charge on any atom is 0.243 e. The average molecular weight is 399 g/mol. The monoisotopic (exact) mass is 397 g/mol. The fraction of sp³-hybridized carbons (Fsp3) is 0.500. The van der Waals surface area contributed by atoms with Crippen LogP contribution in [-0.4, -0.2) is 26.3 Å². The summed E-state index contributed by atoms with van der Waals surface area (Å²) in [7, 11) is -1.82. The summed E-state index contributed by atoms with van der Waals surface area (Å²) >= 11 is 6.58. The zero-order valence-corrected chi connectivity index (χ0v) is 14.6. The molecule has 0 saturated heterocycles. The number of nitrogens with zero attached hydrogens (tertiary/aromatic N) is 1. The van der Waals surface area contributed by atoms with Crippen LogP contribution in [0.15, 0.2) is 32.0 Å². The minimum Gasteiger partial charge on any atom is -0.207 e. The highest BCUT2D eigenvalue weighted by Gasteiger charge is 2.23. The predicted molar refractivity (Wildman–Crippen MR) is 81.1 cm³/mol. The maximum absolute atomic E-state index is 12.4. The Morgan fingerprint density at radius 3 is 2.44 bits per heavy atom. The quantitative estimate of drug-likeness (QED) is 0.754. The lowest BCUT2D eigenvalue weighted by Crippen LogP contribution is -2.29. The fourth-order valence-corrected chi connectivity index (χ4v) is 4.05. The van der Waals surface area contributed by atoms with E-state index in [-0.39, 0.29) is 0 Å². The van der Waals surface area contributed by atoms with Gasteiger partial charge in [0.05, 0.1) is 4.90 Å². The Hall–Kier alpha value is 0.0900. The van der Waals surface area contributed by atoms with Gasteiger partial charge in [0.15, 0.2) is 0 Å². The highest BCUT2D eigenvalue weighted by Crippen LogP contribution is 2.27. The van der Waals surface area contributed by atoms with Gasteiger partial charge in [-0.1, -0.05) is 29.8 Å². The maximum atomic E-state index is 12.4. The van der Waals surface area contributed by atoms with Crippen LogP contribution < -0.4 is 0 Å². The van der Waals surface area contributed by atoms with E-state index < -0.39 is 10.0 Å². The van der Waals surface area contributed by atoms with Gasteiger partial charge in [-0.25, -0.2) is 12.7 Å². The Labute approximate surface area is 126 Å². The van der Waals surface area contributed by atoms with Crippen LogP contribution in [0, 0.1) is 5.92 Å². The lowest BCUT2D eigenvalue weighted by Gasteiger charge is -2.19. The third-order valence-electron chi connectivity index (χ3n) is 2.60. The van der Waals surface area contributed by atoms with E-state index in [4.69, 9.17) is 0 Å². The number of hydrogen-bond acceptors (Lipinski definition) is 2. The third-order valence-corrected chi connectivity index (χ3v) is 5.95. The summed E-state index contributed by atoms with van der Waals surface area (Å²) in [6, 6.07) is 5.15. The Morgan fingerprint density at radius 2 is 1.89 bits per heavy atom. The molecule has 0 N–H and O–H groups in total. The van der Waals surface area contributed by atoms with Crippen molar-refractivity contribution in [2.24, 2.45) is 5.92 Å². The molecule has 0 aliphatic rings. The van der Waals surface area contributed by atoms with Gasteiger partial charge in [-0.05, 0) is 46.5 Å². The van der Waals surface area contributed by atoms with Crippen molar-refractivity contribution in [3.8, 4) is 0 Å². The van der Waals surface area contributed by atoms with Gasteiger partial charge < -0.3 is 0 Å². The first-order valence-corrected chi connectivity index (χ1v) is 8.69. The number of rotatable bonds is 5. The minimum atomic E-state index is -3.43. The Morgan fingerprint density at radius 1 is 1.28 bits per heavy atom. The average Bonchev–Trinajstić information content (AvgIpc) is 2.28. The molecule has 0 spiro atoms. The Kier molecular flexibility index (Phi) is 5.83. The van der Waals surface area contributed by atoms with E-state index in [0.717, 1.165) is 10.9 Å². The van der Waals surface area contributed by atoms with Crippen molar-refractivity contribution in [1.29, 1.82) is 0 Å². The van der Waals surface area contributed by atoms with Crippen molar-refractivity contribution in [3.63, 3.8) is 0 Å². The van der Waals surface area contributed by atoms with E-state index in [9.17, 15) is 8.42 Å². The van der Waals surface area contributed by atoms with Crippen LogP contribution in [0.4, 0.5) is 0 Å². The van der Waals surface area contributed by atoms with Gasteiger partial charge in [0.25, 0.3) is 0 Å². The molecule has 1 aromatic carbocycles. The van der Waals surface area contributed by atoms with Gasteiger partial charge in [0.2, 0.25) is 10.0 Å². The van der Waals surface area contributed by atoms with E-state index in [2.05, 4.69) is 45.7 Å². The normalized spacial score (nSPS) is 12.4. The molecule has 0 unspecified atom stereocenters. The summed E-state index contributed by atoms with van der Waals surface area (Å²) in [5.41, 5.74) is 0. The second-order valence-electron chi connectivity index (χ2n) is 4.58. The predicted octanol–water partition coefficient (Wildman–Crippen LogP) is 3.88. The zero-order chi connectivity index (χ0) is 13.9. The van der Waals surface area contributed by atoms with Crippen LogP contribution in [0.25, 0.3) is 0 Å². The molecular weight excluding hydrogens is 382 g/mol. The summed E-state index contributed by atoms with van der Waals surface area (Å²) in [5.74, 6) is 0.480. The van der Waals surface area contributed by atoms with Gasteiger partial charge in [-0.15, -0.1) is 0 Å². The smallest absolute Gasteiger partial charge is 0.207 e. The second kappa shape index (κ2) is 6.50. The molecule has 0 fully saturated rings. The molecule has 18 heavy (non-hydrogen) atoms. The fourth-order valence-electron chi connectivity index (χ4n) is 1.40.